The standard InChI is InChI=1S/C23H28FN3O2/c1-17-4-2-7-21(14-17)26-23(29)27-12-9-18(10-13-27)8-11-25-22(28)16-19-5-3-6-20(24)15-19/h2-7,14-15,18H,8-13,16H2,1H3,(H,25,28)(H,26,29). The molecule has 1 fully saturated rings. The minimum absolute atomic E-state index is 0.0579. The molecule has 3 amide bonds. The van der Waals surface area contributed by atoms with Crippen molar-refractivity contribution in [3.05, 3.63) is 65.5 Å². The van der Waals surface area contributed by atoms with Gasteiger partial charge in [0.2, 0.25) is 5.91 Å². The first-order valence-corrected chi connectivity index (χ1v) is 10.1. The van der Waals surface area contributed by atoms with E-state index in [4.69, 9.17) is 0 Å². The van der Waals surface area contributed by atoms with Crippen LogP contribution in [0.3, 0.4) is 0 Å². The highest BCUT2D eigenvalue weighted by atomic mass is 19.1. The summed E-state index contributed by atoms with van der Waals surface area (Å²) in [5.41, 5.74) is 2.61. The van der Waals surface area contributed by atoms with Gasteiger partial charge in [0, 0.05) is 25.3 Å². The molecule has 0 spiro atoms. The van der Waals surface area contributed by atoms with Crippen LogP contribution < -0.4 is 10.6 Å². The molecule has 0 saturated carbocycles. The number of likely N-dealkylation sites (tertiary alicyclic amines) is 1. The molecule has 0 radical (unpaired) electrons. The third-order valence-corrected chi connectivity index (χ3v) is 5.30. The van der Waals surface area contributed by atoms with Crippen LogP contribution in [-0.4, -0.2) is 36.5 Å². The van der Waals surface area contributed by atoms with Crippen LogP contribution in [0.25, 0.3) is 0 Å². The second kappa shape index (κ2) is 10.0. The highest BCUT2D eigenvalue weighted by Gasteiger charge is 2.22. The summed E-state index contributed by atoms with van der Waals surface area (Å²) in [7, 11) is 0. The van der Waals surface area contributed by atoms with E-state index in [1.807, 2.05) is 36.1 Å². The van der Waals surface area contributed by atoms with Crippen molar-refractivity contribution in [3.63, 3.8) is 0 Å². The Morgan fingerprint density at radius 1 is 1.10 bits per heavy atom. The molecule has 6 heteroatoms. The third-order valence-electron chi connectivity index (χ3n) is 5.30. The van der Waals surface area contributed by atoms with Gasteiger partial charge >= 0.3 is 6.03 Å². The molecule has 2 aromatic rings. The van der Waals surface area contributed by atoms with E-state index >= 15 is 0 Å². The SMILES string of the molecule is Cc1cccc(NC(=O)N2CCC(CCNC(=O)Cc3cccc(F)c3)CC2)c1. The molecule has 0 atom stereocenters. The van der Waals surface area contributed by atoms with Crippen molar-refractivity contribution in [1.82, 2.24) is 10.2 Å². The number of anilines is 1. The molecule has 5 nitrogen and oxygen atoms in total. The molecule has 2 aromatic carbocycles. The number of amides is 3. The van der Waals surface area contributed by atoms with E-state index in [1.165, 1.54) is 12.1 Å². The van der Waals surface area contributed by atoms with Gasteiger partial charge in [-0.2, -0.15) is 0 Å². The number of nitrogens with zero attached hydrogens (tertiary/aromatic N) is 1. The van der Waals surface area contributed by atoms with Crippen LogP contribution in [0.5, 0.6) is 0 Å². The zero-order valence-electron chi connectivity index (χ0n) is 16.8. The van der Waals surface area contributed by atoms with Gasteiger partial charge in [0.1, 0.15) is 5.82 Å². The van der Waals surface area contributed by atoms with Crippen molar-refractivity contribution < 1.29 is 14.0 Å². The zero-order valence-corrected chi connectivity index (χ0v) is 16.8. The Balaban J connectivity index is 1.34. The Bertz CT molecular complexity index is 845. The second-order valence-electron chi connectivity index (χ2n) is 7.68. The summed E-state index contributed by atoms with van der Waals surface area (Å²) in [6.07, 6.45) is 2.94. The Morgan fingerprint density at radius 2 is 1.86 bits per heavy atom. The van der Waals surface area contributed by atoms with Gasteiger partial charge in [-0.3, -0.25) is 4.79 Å². The maximum absolute atomic E-state index is 13.2. The molecule has 29 heavy (non-hydrogen) atoms. The van der Waals surface area contributed by atoms with Crippen LogP contribution in [0.4, 0.5) is 14.9 Å². The fourth-order valence-electron chi connectivity index (χ4n) is 3.66. The van der Waals surface area contributed by atoms with Crippen LogP contribution in [0, 0.1) is 18.7 Å². The maximum Gasteiger partial charge on any atom is 0.321 e. The highest BCUT2D eigenvalue weighted by Crippen LogP contribution is 2.21. The largest absolute Gasteiger partial charge is 0.356 e. The molecule has 2 N–H and O–H groups in total. The summed E-state index contributed by atoms with van der Waals surface area (Å²) in [6, 6.07) is 13.8. The van der Waals surface area contributed by atoms with Gasteiger partial charge < -0.3 is 15.5 Å². The number of urea groups is 1. The van der Waals surface area contributed by atoms with Crippen LogP contribution in [0.1, 0.15) is 30.4 Å². The van der Waals surface area contributed by atoms with Crippen molar-refractivity contribution in [2.24, 2.45) is 5.92 Å². The lowest BCUT2D eigenvalue weighted by atomic mass is 9.93. The maximum atomic E-state index is 13.2. The third kappa shape index (κ3) is 6.59. The lowest BCUT2D eigenvalue weighted by Gasteiger charge is -2.32. The number of aryl methyl sites for hydroxylation is 1. The lowest BCUT2D eigenvalue weighted by Crippen LogP contribution is -2.41. The zero-order chi connectivity index (χ0) is 20.6. The van der Waals surface area contributed by atoms with Crippen molar-refractivity contribution in [1.29, 1.82) is 0 Å². The first kappa shape index (κ1) is 20.8. The lowest BCUT2D eigenvalue weighted by molar-refractivity contribution is -0.120. The van der Waals surface area contributed by atoms with Gasteiger partial charge in [0.15, 0.2) is 0 Å². The monoisotopic (exact) mass is 397 g/mol. The molecule has 0 aliphatic carbocycles. The van der Waals surface area contributed by atoms with Gasteiger partial charge in [-0.15, -0.1) is 0 Å². The van der Waals surface area contributed by atoms with E-state index in [1.54, 1.807) is 12.1 Å². The summed E-state index contributed by atoms with van der Waals surface area (Å²) in [5, 5.41) is 5.87. The fourth-order valence-corrected chi connectivity index (χ4v) is 3.66. The molecule has 0 bridgehead atoms. The number of carbonyl (C=O) groups excluding carboxylic acids is 2. The van der Waals surface area contributed by atoms with Gasteiger partial charge in [-0.25, -0.2) is 9.18 Å². The van der Waals surface area contributed by atoms with Gasteiger partial charge in [-0.1, -0.05) is 24.3 Å². The number of nitrogens with one attached hydrogen (secondary N) is 2. The number of hydrogen-bond donors (Lipinski definition) is 2. The normalized spacial score (nSPS) is 14.5. The summed E-state index contributed by atoms with van der Waals surface area (Å²) >= 11 is 0. The van der Waals surface area contributed by atoms with Gasteiger partial charge in [-0.05, 0) is 67.5 Å². The summed E-state index contributed by atoms with van der Waals surface area (Å²) in [5.74, 6) is 0.0755. The molecule has 1 aliphatic heterocycles. The molecular weight excluding hydrogens is 369 g/mol. The topological polar surface area (TPSA) is 61.4 Å². The minimum Gasteiger partial charge on any atom is -0.356 e. The van der Waals surface area contributed by atoms with Crippen LogP contribution in [-0.2, 0) is 11.2 Å². The Hall–Kier alpha value is -2.89. The van der Waals surface area contributed by atoms with Gasteiger partial charge in [0.05, 0.1) is 6.42 Å². The van der Waals surface area contributed by atoms with E-state index in [0.29, 0.717) is 18.0 Å². The second-order valence-corrected chi connectivity index (χ2v) is 7.68. The molecule has 1 aliphatic rings. The molecule has 0 aromatic heterocycles. The predicted octanol–water partition coefficient (Wildman–Crippen LogP) is 4.13. The predicted molar refractivity (Wildman–Crippen MR) is 112 cm³/mol. The van der Waals surface area contributed by atoms with Crippen LogP contribution in [0.15, 0.2) is 48.5 Å². The molecule has 1 saturated heterocycles. The number of piperidine rings is 1. The van der Waals surface area contributed by atoms with Crippen molar-refractivity contribution in [3.8, 4) is 0 Å². The average molecular weight is 397 g/mol. The fraction of sp³-hybridized carbons (Fsp3) is 0.391. The smallest absolute Gasteiger partial charge is 0.321 e. The highest BCUT2D eigenvalue weighted by molar-refractivity contribution is 5.89. The number of hydrogen-bond acceptors (Lipinski definition) is 2. The number of rotatable bonds is 6. The first-order valence-electron chi connectivity index (χ1n) is 10.1. The summed E-state index contributed by atoms with van der Waals surface area (Å²) in [4.78, 5) is 26.3. The van der Waals surface area contributed by atoms with E-state index in [0.717, 1.165) is 43.6 Å². The minimum atomic E-state index is -0.325. The molecule has 1 heterocycles. The van der Waals surface area contributed by atoms with E-state index in [9.17, 15) is 14.0 Å². The van der Waals surface area contributed by atoms with Crippen LogP contribution >= 0.6 is 0 Å². The average Bonchev–Trinajstić information content (AvgIpc) is 2.68. The molecule has 0 unspecified atom stereocenters. The number of carbonyl (C=O) groups is 2. The Kier molecular flexibility index (Phi) is 7.22. The van der Waals surface area contributed by atoms with Gasteiger partial charge in [0.25, 0.3) is 0 Å². The molecular formula is C23H28FN3O2. The molecule has 3 rings (SSSR count). The van der Waals surface area contributed by atoms with E-state index in [-0.39, 0.29) is 24.2 Å². The van der Waals surface area contributed by atoms with Crippen molar-refractivity contribution in [2.75, 3.05) is 25.0 Å². The van der Waals surface area contributed by atoms with E-state index < -0.39 is 0 Å². The Morgan fingerprint density at radius 3 is 2.59 bits per heavy atom. The van der Waals surface area contributed by atoms with E-state index in [2.05, 4.69) is 10.6 Å². The Labute approximate surface area is 171 Å². The summed E-state index contributed by atoms with van der Waals surface area (Å²) in [6.45, 7) is 4.05. The number of benzene rings is 2. The van der Waals surface area contributed by atoms with Crippen molar-refractivity contribution in [2.45, 2.75) is 32.6 Å². The quantitative estimate of drug-likeness (QED) is 0.770. The van der Waals surface area contributed by atoms with Crippen LogP contribution in [0.2, 0.25) is 0 Å². The molecule has 154 valence electrons. The summed E-state index contributed by atoms with van der Waals surface area (Å²) < 4.78 is 13.2. The first-order chi connectivity index (χ1) is 14.0. The number of halogens is 1. The van der Waals surface area contributed by atoms with Crippen molar-refractivity contribution >= 4 is 17.6 Å².